The maximum atomic E-state index is 11.5. The summed E-state index contributed by atoms with van der Waals surface area (Å²) in [6.45, 7) is 3.31. The SMILES string of the molecule is CC=CC(=O)N1CCC(CC(N)=O)CC1. The Hall–Kier alpha value is -1.32. The van der Waals surface area contributed by atoms with Crippen molar-refractivity contribution >= 4 is 11.8 Å². The van der Waals surface area contributed by atoms with E-state index in [2.05, 4.69) is 0 Å². The molecule has 4 nitrogen and oxygen atoms in total. The van der Waals surface area contributed by atoms with Gasteiger partial charge in [-0.1, -0.05) is 6.08 Å². The zero-order valence-electron chi connectivity index (χ0n) is 9.11. The van der Waals surface area contributed by atoms with E-state index in [1.807, 2.05) is 11.8 Å². The highest BCUT2D eigenvalue weighted by Crippen LogP contribution is 2.20. The second-order valence-corrected chi connectivity index (χ2v) is 3.94. The molecule has 15 heavy (non-hydrogen) atoms. The van der Waals surface area contributed by atoms with Crippen LogP contribution in [0.3, 0.4) is 0 Å². The predicted molar refractivity (Wildman–Crippen MR) is 57.9 cm³/mol. The van der Waals surface area contributed by atoms with Gasteiger partial charge in [-0.05, 0) is 31.8 Å². The van der Waals surface area contributed by atoms with Gasteiger partial charge in [0, 0.05) is 19.5 Å². The van der Waals surface area contributed by atoms with Crippen molar-refractivity contribution in [1.29, 1.82) is 0 Å². The molecule has 0 bridgehead atoms. The van der Waals surface area contributed by atoms with Crippen LogP contribution in [0.25, 0.3) is 0 Å². The Morgan fingerprint density at radius 1 is 1.40 bits per heavy atom. The number of rotatable bonds is 3. The fourth-order valence-electron chi connectivity index (χ4n) is 1.89. The van der Waals surface area contributed by atoms with Gasteiger partial charge in [0.05, 0.1) is 0 Å². The Morgan fingerprint density at radius 2 is 2.00 bits per heavy atom. The smallest absolute Gasteiger partial charge is 0.246 e. The third-order valence-electron chi connectivity index (χ3n) is 2.73. The van der Waals surface area contributed by atoms with Crippen molar-refractivity contribution in [3.05, 3.63) is 12.2 Å². The Balaban J connectivity index is 2.35. The maximum absolute atomic E-state index is 11.5. The molecule has 0 radical (unpaired) electrons. The van der Waals surface area contributed by atoms with Crippen LogP contribution in [-0.2, 0) is 9.59 Å². The van der Waals surface area contributed by atoms with Crippen molar-refractivity contribution in [3.63, 3.8) is 0 Å². The molecule has 2 N–H and O–H groups in total. The van der Waals surface area contributed by atoms with Crippen LogP contribution in [0.4, 0.5) is 0 Å². The summed E-state index contributed by atoms with van der Waals surface area (Å²) in [5.74, 6) is 0.181. The lowest BCUT2D eigenvalue weighted by Gasteiger charge is -2.30. The van der Waals surface area contributed by atoms with Gasteiger partial charge < -0.3 is 10.6 Å². The van der Waals surface area contributed by atoms with E-state index in [1.165, 1.54) is 0 Å². The van der Waals surface area contributed by atoms with Gasteiger partial charge in [0.25, 0.3) is 0 Å². The monoisotopic (exact) mass is 210 g/mol. The van der Waals surface area contributed by atoms with E-state index in [1.54, 1.807) is 12.2 Å². The van der Waals surface area contributed by atoms with Crippen LogP contribution in [0.1, 0.15) is 26.2 Å². The zero-order valence-corrected chi connectivity index (χ0v) is 9.11. The van der Waals surface area contributed by atoms with Gasteiger partial charge in [-0.3, -0.25) is 9.59 Å². The molecule has 0 unspecified atom stereocenters. The summed E-state index contributed by atoms with van der Waals surface area (Å²) in [7, 11) is 0. The van der Waals surface area contributed by atoms with Crippen LogP contribution < -0.4 is 5.73 Å². The summed E-state index contributed by atoms with van der Waals surface area (Å²) in [6, 6.07) is 0. The van der Waals surface area contributed by atoms with E-state index < -0.39 is 0 Å². The van der Waals surface area contributed by atoms with Gasteiger partial charge in [-0.25, -0.2) is 0 Å². The number of hydrogen-bond donors (Lipinski definition) is 1. The molecule has 4 heteroatoms. The van der Waals surface area contributed by atoms with Crippen LogP contribution in [0.15, 0.2) is 12.2 Å². The zero-order chi connectivity index (χ0) is 11.3. The molecule has 1 heterocycles. The van der Waals surface area contributed by atoms with Crippen molar-refractivity contribution in [2.45, 2.75) is 26.2 Å². The molecule has 0 saturated carbocycles. The van der Waals surface area contributed by atoms with E-state index in [0.29, 0.717) is 12.3 Å². The van der Waals surface area contributed by atoms with E-state index in [9.17, 15) is 9.59 Å². The molecule has 1 aliphatic rings. The number of carbonyl (C=O) groups is 2. The fourth-order valence-corrected chi connectivity index (χ4v) is 1.89. The van der Waals surface area contributed by atoms with E-state index in [0.717, 1.165) is 25.9 Å². The highest BCUT2D eigenvalue weighted by molar-refractivity contribution is 5.87. The van der Waals surface area contributed by atoms with Gasteiger partial charge >= 0.3 is 0 Å². The molecular weight excluding hydrogens is 192 g/mol. The van der Waals surface area contributed by atoms with Gasteiger partial charge in [0.2, 0.25) is 11.8 Å². The summed E-state index contributed by atoms with van der Waals surface area (Å²) in [4.78, 5) is 24.0. The van der Waals surface area contributed by atoms with Crippen LogP contribution in [0.2, 0.25) is 0 Å². The minimum Gasteiger partial charge on any atom is -0.370 e. The molecule has 84 valence electrons. The number of nitrogens with zero attached hydrogens (tertiary/aromatic N) is 1. The first-order valence-electron chi connectivity index (χ1n) is 5.33. The molecule has 1 saturated heterocycles. The number of allylic oxidation sites excluding steroid dienone is 1. The van der Waals surface area contributed by atoms with Crippen molar-refractivity contribution in [3.8, 4) is 0 Å². The van der Waals surface area contributed by atoms with E-state index >= 15 is 0 Å². The van der Waals surface area contributed by atoms with Gasteiger partial charge in [0.1, 0.15) is 0 Å². The third kappa shape index (κ3) is 3.73. The van der Waals surface area contributed by atoms with Crippen LogP contribution in [0.5, 0.6) is 0 Å². The number of primary amides is 1. The Kier molecular flexibility index (Phi) is 4.34. The first-order valence-corrected chi connectivity index (χ1v) is 5.33. The average Bonchev–Trinajstić information content (AvgIpc) is 2.18. The Bertz CT molecular complexity index is 266. The number of likely N-dealkylation sites (tertiary alicyclic amines) is 1. The van der Waals surface area contributed by atoms with Crippen molar-refractivity contribution in [1.82, 2.24) is 4.90 Å². The van der Waals surface area contributed by atoms with Gasteiger partial charge in [-0.15, -0.1) is 0 Å². The summed E-state index contributed by atoms with van der Waals surface area (Å²) in [5, 5.41) is 0. The van der Waals surface area contributed by atoms with Crippen molar-refractivity contribution < 1.29 is 9.59 Å². The molecule has 1 fully saturated rings. The normalized spacial score (nSPS) is 18.3. The molecule has 1 aliphatic heterocycles. The Labute approximate surface area is 90.1 Å². The predicted octanol–water partition coefficient (Wildman–Crippen LogP) is 0.676. The summed E-state index contributed by atoms with van der Waals surface area (Å²) >= 11 is 0. The minimum atomic E-state index is -0.242. The lowest BCUT2D eigenvalue weighted by molar-refractivity contribution is -0.127. The summed E-state index contributed by atoms with van der Waals surface area (Å²) in [5.41, 5.74) is 5.13. The van der Waals surface area contributed by atoms with E-state index in [4.69, 9.17) is 5.73 Å². The molecule has 0 spiro atoms. The number of carbonyl (C=O) groups excluding carboxylic acids is 2. The number of amides is 2. The molecule has 0 aromatic heterocycles. The van der Waals surface area contributed by atoms with Gasteiger partial charge in [-0.2, -0.15) is 0 Å². The number of nitrogens with two attached hydrogens (primary N) is 1. The van der Waals surface area contributed by atoms with Crippen LogP contribution >= 0.6 is 0 Å². The highest BCUT2D eigenvalue weighted by atomic mass is 16.2. The maximum Gasteiger partial charge on any atom is 0.246 e. The lowest BCUT2D eigenvalue weighted by atomic mass is 9.93. The largest absolute Gasteiger partial charge is 0.370 e. The second-order valence-electron chi connectivity index (χ2n) is 3.94. The number of hydrogen-bond acceptors (Lipinski definition) is 2. The highest BCUT2D eigenvalue weighted by Gasteiger charge is 2.22. The first kappa shape index (κ1) is 11.8. The quantitative estimate of drug-likeness (QED) is 0.696. The average molecular weight is 210 g/mol. The van der Waals surface area contributed by atoms with E-state index in [-0.39, 0.29) is 11.8 Å². The van der Waals surface area contributed by atoms with Crippen molar-refractivity contribution in [2.24, 2.45) is 11.7 Å². The molecule has 0 aromatic rings. The third-order valence-corrected chi connectivity index (χ3v) is 2.73. The second kappa shape index (κ2) is 5.53. The Morgan fingerprint density at radius 3 is 2.47 bits per heavy atom. The minimum absolute atomic E-state index is 0.0648. The lowest BCUT2D eigenvalue weighted by Crippen LogP contribution is -2.38. The molecule has 2 amide bonds. The topological polar surface area (TPSA) is 63.4 Å². The summed E-state index contributed by atoms with van der Waals surface area (Å²) < 4.78 is 0. The molecule has 0 atom stereocenters. The first-order chi connectivity index (χ1) is 7.13. The molecule has 0 aliphatic carbocycles. The molecule has 1 rings (SSSR count). The van der Waals surface area contributed by atoms with Crippen LogP contribution in [0, 0.1) is 5.92 Å². The van der Waals surface area contributed by atoms with Gasteiger partial charge in [0.15, 0.2) is 0 Å². The standard InChI is InChI=1S/C11H18N2O2/c1-2-3-11(15)13-6-4-9(5-7-13)8-10(12)14/h2-3,9H,4-8H2,1H3,(H2,12,14). The summed E-state index contributed by atoms with van der Waals surface area (Å²) in [6.07, 6.45) is 5.54. The number of piperidine rings is 1. The molecular formula is C11H18N2O2. The van der Waals surface area contributed by atoms with Crippen molar-refractivity contribution in [2.75, 3.05) is 13.1 Å². The van der Waals surface area contributed by atoms with Crippen LogP contribution in [-0.4, -0.2) is 29.8 Å². The fraction of sp³-hybridized carbons (Fsp3) is 0.636. The molecule has 0 aromatic carbocycles.